The highest BCUT2D eigenvalue weighted by molar-refractivity contribution is 9.10. The molecule has 0 saturated carbocycles. The zero-order valence-electron chi connectivity index (χ0n) is 13.9. The number of nitrogens with zero attached hydrogens (tertiary/aromatic N) is 4. The summed E-state index contributed by atoms with van der Waals surface area (Å²) < 4.78 is 3.15. The molecule has 0 amide bonds. The molecule has 2 heterocycles. The highest BCUT2D eigenvalue weighted by atomic mass is 79.9. The van der Waals surface area contributed by atoms with Gasteiger partial charge in [0.25, 0.3) is 0 Å². The molecule has 1 aliphatic heterocycles. The predicted molar refractivity (Wildman–Crippen MR) is 90.7 cm³/mol. The van der Waals surface area contributed by atoms with Crippen LogP contribution in [0, 0.1) is 6.92 Å². The topological polar surface area (TPSA) is 36.3 Å². The van der Waals surface area contributed by atoms with Crippen molar-refractivity contribution in [3.8, 4) is 0 Å². The number of nitrogens with one attached hydrogen (secondary N) is 1. The molecule has 0 bridgehead atoms. The molecule has 6 heteroatoms. The van der Waals surface area contributed by atoms with E-state index in [1.54, 1.807) is 0 Å². The number of piperazine rings is 1. The van der Waals surface area contributed by atoms with Crippen molar-refractivity contribution in [3.05, 3.63) is 15.9 Å². The van der Waals surface area contributed by atoms with Gasteiger partial charge in [-0.15, -0.1) is 0 Å². The summed E-state index contributed by atoms with van der Waals surface area (Å²) >= 11 is 3.68. The van der Waals surface area contributed by atoms with Crippen LogP contribution in [-0.2, 0) is 13.5 Å². The lowest BCUT2D eigenvalue weighted by Crippen LogP contribution is -2.52. The van der Waals surface area contributed by atoms with Crippen LogP contribution in [0.4, 0.5) is 0 Å². The molecule has 2 unspecified atom stereocenters. The van der Waals surface area contributed by atoms with E-state index in [-0.39, 0.29) is 0 Å². The van der Waals surface area contributed by atoms with Gasteiger partial charge in [-0.2, -0.15) is 5.10 Å². The molecule has 1 saturated heterocycles. The first-order valence-electron chi connectivity index (χ1n) is 7.66. The average Bonchev–Trinajstić information content (AvgIpc) is 2.68. The predicted octanol–water partition coefficient (Wildman–Crippen LogP) is 1.26. The molecule has 2 rings (SSSR count). The lowest BCUT2D eigenvalue weighted by molar-refractivity contribution is 0.101. The Morgan fingerprint density at radius 2 is 2.05 bits per heavy atom. The lowest BCUT2D eigenvalue weighted by Gasteiger charge is -2.39. The van der Waals surface area contributed by atoms with Crippen LogP contribution in [0.2, 0.25) is 0 Å². The van der Waals surface area contributed by atoms with Crippen molar-refractivity contribution < 1.29 is 0 Å². The molecule has 5 nitrogen and oxygen atoms in total. The molecule has 0 aliphatic carbocycles. The zero-order valence-corrected chi connectivity index (χ0v) is 15.4. The van der Waals surface area contributed by atoms with Gasteiger partial charge in [0.15, 0.2) is 0 Å². The Balaban J connectivity index is 2.02. The van der Waals surface area contributed by atoms with E-state index in [2.05, 4.69) is 57.3 Å². The summed E-state index contributed by atoms with van der Waals surface area (Å²) in [5.74, 6) is 0. The van der Waals surface area contributed by atoms with Gasteiger partial charge in [-0.1, -0.05) is 0 Å². The maximum atomic E-state index is 4.50. The van der Waals surface area contributed by atoms with E-state index in [1.165, 1.54) is 12.2 Å². The molecular weight excluding hydrogens is 330 g/mol. The Morgan fingerprint density at radius 3 is 2.62 bits per heavy atom. The quantitative estimate of drug-likeness (QED) is 0.860. The van der Waals surface area contributed by atoms with Gasteiger partial charge in [-0.05, 0) is 50.4 Å². The second-order valence-electron chi connectivity index (χ2n) is 6.29. The number of hydrogen-bond donors (Lipinski definition) is 1. The Morgan fingerprint density at radius 1 is 1.33 bits per heavy atom. The number of aromatic nitrogens is 2. The van der Waals surface area contributed by atoms with E-state index >= 15 is 0 Å². The zero-order chi connectivity index (χ0) is 15.6. The second kappa shape index (κ2) is 7.22. The summed E-state index contributed by atoms with van der Waals surface area (Å²) in [5, 5.41) is 7.98. The first-order valence-corrected chi connectivity index (χ1v) is 8.45. The van der Waals surface area contributed by atoms with Crippen LogP contribution < -0.4 is 5.32 Å². The summed E-state index contributed by atoms with van der Waals surface area (Å²) in [6.07, 6.45) is 2.16. The van der Waals surface area contributed by atoms with Crippen LogP contribution in [0.1, 0.15) is 17.8 Å². The molecule has 21 heavy (non-hydrogen) atoms. The van der Waals surface area contributed by atoms with Crippen LogP contribution in [0.15, 0.2) is 4.47 Å². The third-order valence-corrected chi connectivity index (χ3v) is 5.68. The van der Waals surface area contributed by atoms with Crippen LogP contribution in [0.25, 0.3) is 0 Å². The van der Waals surface area contributed by atoms with E-state index in [0.29, 0.717) is 12.1 Å². The standard InChI is InChI=1S/C15H28BrN5/c1-11-15(16)14(21(5)18-11)9-12(17-2)8-13-10-19(3)6-7-20(13)4/h12-13,17H,6-10H2,1-5H3. The number of aryl methyl sites for hydroxylation is 2. The summed E-state index contributed by atoms with van der Waals surface area (Å²) in [6, 6.07) is 1.09. The van der Waals surface area contributed by atoms with Crippen molar-refractivity contribution in [2.75, 3.05) is 40.8 Å². The highest BCUT2D eigenvalue weighted by Gasteiger charge is 2.26. The minimum atomic E-state index is 0.468. The first-order chi connectivity index (χ1) is 9.92. The Kier molecular flexibility index (Phi) is 5.82. The van der Waals surface area contributed by atoms with Crippen LogP contribution >= 0.6 is 15.9 Å². The van der Waals surface area contributed by atoms with Gasteiger partial charge in [0.05, 0.1) is 15.9 Å². The summed E-state index contributed by atoms with van der Waals surface area (Å²) in [7, 11) is 8.55. The molecule has 1 fully saturated rings. The number of halogens is 1. The first kappa shape index (κ1) is 16.9. The molecular formula is C15H28BrN5. The molecule has 1 aromatic rings. The minimum Gasteiger partial charge on any atom is -0.317 e. The summed E-state index contributed by atoms with van der Waals surface area (Å²) in [4.78, 5) is 4.93. The number of likely N-dealkylation sites (N-methyl/N-ethyl adjacent to an activating group) is 3. The highest BCUT2D eigenvalue weighted by Crippen LogP contribution is 2.23. The van der Waals surface area contributed by atoms with Crippen molar-refractivity contribution in [2.24, 2.45) is 7.05 Å². The van der Waals surface area contributed by atoms with E-state index in [1.807, 2.05) is 18.7 Å². The molecule has 1 aromatic heterocycles. The van der Waals surface area contributed by atoms with Crippen molar-refractivity contribution in [2.45, 2.75) is 31.8 Å². The summed E-state index contributed by atoms with van der Waals surface area (Å²) in [6.45, 7) is 5.53. The third-order valence-electron chi connectivity index (χ3n) is 4.65. The fourth-order valence-corrected chi connectivity index (χ4v) is 3.62. The molecule has 0 aromatic carbocycles. The largest absolute Gasteiger partial charge is 0.317 e. The Bertz CT molecular complexity index is 473. The molecule has 1 aliphatic rings. The van der Waals surface area contributed by atoms with Gasteiger partial charge >= 0.3 is 0 Å². The third kappa shape index (κ3) is 4.06. The minimum absolute atomic E-state index is 0.468. The van der Waals surface area contributed by atoms with Gasteiger partial charge < -0.3 is 15.1 Å². The van der Waals surface area contributed by atoms with Gasteiger partial charge in [-0.25, -0.2) is 0 Å². The lowest BCUT2D eigenvalue weighted by atomic mass is 9.99. The van der Waals surface area contributed by atoms with Gasteiger partial charge in [0.2, 0.25) is 0 Å². The Hall–Kier alpha value is -0.430. The number of hydrogen-bond acceptors (Lipinski definition) is 4. The van der Waals surface area contributed by atoms with Crippen molar-refractivity contribution in [1.82, 2.24) is 24.9 Å². The smallest absolute Gasteiger partial charge is 0.0738 e. The monoisotopic (exact) mass is 357 g/mol. The molecule has 0 radical (unpaired) electrons. The Labute approximate surface area is 136 Å². The maximum absolute atomic E-state index is 4.50. The van der Waals surface area contributed by atoms with E-state index in [9.17, 15) is 0 Å². The molecule has 120 valence electrons. The molecule has 0 spiro atoms. The van der Waals surface area contributed by atoms with Gasteiger partial charge in [-0.3, -0.25) is 4.68 Å². The van der Waals surface area contributed by atoms with E-state index in [4.69, 9.17) is 0 Å². The second-order valence-corrected chi connectivity index (χ2v) is 7.08. The molecule has 1 N–H and O–H groups in total. The van der Waals surface area contributed by atoms with Crippen LogP contribution in [-0.4, -0.2) is 72.4 Å². The van der Waals surface area contributed by atoms with Gasteiger partial charge in [0.1, 0.15) is 0 Å². The van der Waals surface area contributed by atoms with Crippen molar-refractivity contribution in [1.29, 1.82) is 0 Å². The maximum Gasteiger partial charge on any atom is 0.0738 e. The molecule has 2 atom stereocenters. The van der Waals surface area contributed by atoms with Crippen LogP contribution in [0.3, 0.4) is 0 Å². The van der Waals surface area contributed by atoms with E-state index < -0.39 is 0 Å². The van der Waals surface area contributed by atoms with Gasteiger partial charge in [0, 0.05) is 45.2 Å². The van der Waals surface area contributed by atoms with Crippen molar-refractivity contribution >= 4 is 15.9 Å². The fraction of sp³-hybridized carbons (Fsp3) is 0.800. The SMILES string of the molecule is CNC(Cc1c(Br)c(C)nn1C)CC1CN(C)CCN1C. The number of rotatable bonds is 5. The van der Waals surface area contributed by atoms with E-state index in [0.717, 1.165) is 36.1 Å². The van der Waals surface area contributed by atoms with Crippen LogP contribution in [0.5, 0.6) is 0 Å². The summed E-state index contributed by atoms with van der Waals surface area (Å²) in [5.41, 5.74) is 2.34. The normalized spacial score (nSPS) is 22.7. The average molecular weight is 358 g/mol. The fourth-order valence-electron chi connectivity index (χ4n) is 3.12. The van der Waals surface area contributed by atoms with Crippen molar-refractivity contribution in [3.63, 3.8) is 0 Å².